The molecule has 0 radical (unpaired) electrons. The highest BCUT2D eigenvalue weighted by molar-refractivity contribution is 8.26. The van der Waals surface area contributed by atoms with Crippen molar-refractivity contribution in [2.45, 2.75) is 25.7 Å². The number of unbranched alkanes of at least 4 members (excludes halogenated alkanes) is 2. The molecule has 0 bridgehead atoms. The fraction of sp³-hybridized carbons (Fsp3) is 0.450. The van der Waals surface area contributed by atoms with Gasteiger partial charge in [-0.15, -0.1) is 0 Å². The molecule has 0 aliphatic carbocycles. The number of rotatable bonds is 8. The van der Waals surface area contributed by atoms with Crippen molar-refractivity contribution in [3.05, 3.63) is 34.7 Å². The Morgan fingerprint density at radius 3 is 2.57 bits per heavy atom. The standard InChI is InChI=1S/C20H24N2O4S2/c23-18(24)4-2-1-3-9-22-19(25)17(28-20(22)27)14-15-5-7-16(8-6-15)21-10-12-26-13-11-21/h5-8,14H,1-4,9-13H2,(H,23,24)/b17-14+. The maximum Gasteiger partial charge on any atom is 0.303 e. The molecule has 3 rings (SSSR count). The third-order valence-electron chi connectivity index (χ3n) is 4.71. The van der Waals surface area contributed by atoms with Gasteiger partial charge in [-0.1, -0.05) is 42.5 Å². The Labute approximate surface area is 174 Å². The van der Waals surface area contributed by atoms with Crippen LogP contribution in [0.5, 0.6) is 0 Å². The quantitative estimate of drug-likeness (QED) is 0.393. The summed E-state index contributed by atoms with van der Waals surface area (Å²) < 4.78 is 5.95. The SMILES string of the molecule is O=C(O)CCCCCN1C(=O)/C(=C\c2ccc(N3CCOCC3)cc2)SC1=S. The number of amides is 1. The molecule has 0 aromatic heterocycles. The molecule has 6 nitrogen and oxygen atoms in total. The largest absolute Gasteiger partial charge is 0.481 e. The molecule has 8 heteroatoms. The van der Waals surface area contributed by atoms with E-state index in [1.807, 2.05) is 18.2 Å². The first-order valence-corrected chi connectivity index (χ1v) is 10.7. The molecule has 2 fully saturated rings. The van der Waals surface area contributed by atoms with Gasteiger partial charge in [0.1, 0.15) is 4.32 Å². The smallest absolute Gasteiger partial charge is 0.303 e. The lowest BCUT2D eigenvalue weighted by molar-refractivity contribution is -0.137. The lowest BCUT2D eigenvalue weighted by Gasteiger charge is -2.28. The van der Waals surface area contributed by atoms with Crippen LogP contribution in [0.15, 0.2) is 29.2 Å². The van der Waals surface area contributed by atoms with Crippen molar-refractivity contribution in [1.29, 1.82) is 0 Å². The predicted molar refractivity (Wildman–Crippen MR) is 115 cm³/mol. The number of hydrogen-bond donors (Lipinski definition) is 1. The number of thioether (sulfide) groups is 1. The number of morpholine rings is 1. The number of thiocarbonyl (C=S) groups is 1. The van der Waals surface area contributed by atoms with E-state index in [-0.39, 0.29) is 12.3 Å². The van der Waals surface area contributed by atoms with Gasteiger partial charge in [0.2, 0.25) is 0 Å². The molecule has 0 saturated carbocycles. The number of carbonyl (C=O) groups is 2. The highest BCUT2D eigenvalue weighted by atomic mass is 32.2. The molecule has 2 aliphatic heterocycles. The van der Waals surface area contributed by atoms with Crippen molar-refractivity contribution >= 4 is 51.9 Å². The van der Waals surface area contributed by atoms with E-state index in [9.17, 15) is 9.59 Å². The summed E-state index contributed by atoms with van der Waals surface area (Å²) in [6.45, 7) is 3.83. The van der Waals surface area contributed by atoms with Crippen molar-refractivity contribution in [3.8, 4) is 0 Å². The van der Waals surface area contributed by atoms with E-state index in [1.54, 1.807) is 4.90 Å². The Bertz CT molecular complexity index is 758. The molecule has 28 heavy (non-hydrogen) atoms. The maximum atomic E-state index is 12.6. The summed E-state index contributed by atoms with van der Waals surface area (Å²) >= 11 is 6.68. The molecule has 0 atom stereocenters. The van der Waals surface area contributed by atoms with E-state index >= 15 is 0 Å². The Hall–Kier alpha value is -1.90. The number of benzene rings is 1. The molecule has 2 saturated heterocycles. The average Bonchev–Trinajstić information content (AvgIpc) is 2.96. The molecule has 1 aromatic carbocycles. The minimum absolute atomic E-state index is 0.0644. The van der Waals surface area contributed by atoms with Crippen LogP contribution in [0.25, 0.3) is 6.08 Å². The molecule has 1 amide bonds. The van der Waals surface area contributed by atoms with Crippen LogP contribution in [-0.2, 0) is 14.3 Å². The number of anilines is 1. The molecule has 1 N–H and O–H groups in total. The number of ether oxygens (including phenoxy) is 1. The molecule has 0 unspecified atom stereocenters. The van der Waals surface area contributed by atoms with Crippen LogP contribution in [-0.4, -0.2) is 59.1 Å². The highest BCUT2D eigenvalue weighted by Gasteiger charge is 2.31. The van der Waals surface area contributed by atoms with Gasteiger partial charge in [-0.2, -0.15) is 0 Å². The van der Waals surface area contributed by atoms with Crippen molar-refractivity contribution in [2.75, 3.05) is 37.7 Å². The Balaban J connectivity index is 1.56. The first kappa shape index (κ1) is 20.8. The van der Waals surface area contributed by atoms with Crippen LogP contribution in [0.2, 0.25) is 0 Å². The van der Waals surface area contributed by atoms with E-state index in [4.69, 9.17) is 22.1 Å². The van der Waals surface area contributed by atoms with Crippen molar-refractivity contribution in [2.24, 2.45) is 0 Å². The fourth-order valence-corrected chi connectivity index (χ4v) is 4.48. The van der Waals surface area contributed by atoms with Gasteiger partial charge >= 0.3 is 5.97 Å². The van der Waals surface area contributed by atoms with Gasteiger partial charge in [0, 0.05) is 31.7 Å². The van der Waals surface area contributed by atoms with Crippen LogP contribution in [0.4, 0.5) is 5.69 Å². The second kappa shape index (κ2) is 10.0. The lowest BCUT2D eigenvalue weighted by atomic mass is 10.1. The van der Waals surface area contributed by atoms with Gasteiger partial charge in [0.05, 0.1) is 18.1 Å². The van der Waals surface area contributed by atoms with Crippen LogP contribution in [0.1, 0.15) is 31.2 Å². The summed E-state index contributed by atoms with van der Waals surface area (Å²) in [4.78, 5) is 27.7. The Kier molecular flexibility index (Phi) is 7.47. The van der Waals surface area contributed by atoms with Gasteiger partial charge in [0.15, 0.2) is 0 Å². The molecular weight excluding hydrogens is 396 g/mol. The number of carbonyl (C=O) groups excluding carboxylic acids is 1. The normalized spacial score (nSPS) is 18.9. The average molecular weight is 421 g/mol. The number of carboxylic acids is 1. The first-order chi connectivity index (χ1) is 13.5. The first-order valence-electron chi connectivity index (χ1n) is 9.44. The summed E-state index contributed by atoms with van der Waals surface area (Å²) in [7, 11) is 0. The zero-order valence-electron chi connectivity index (χ0n) is 15.6. The minimum Gasteiger partial charge on any atom is -0.481 e. The van der Waals surface area contributed by atoms with E-state index in [0.717, 1.165) is 50.4 Å². The zero-order chi connectivity index (χ0) is 19.9. The molecular formula is C20H24N2O4S2. The summed E-state index contributed by atoms with van der Waals surface area (Å²) in [6.07, 6.45) is 4.19. The van der Waals surface area contributed by atoms with E-state index < -0.39 is 5.97 Å². The van der Waals surface area contributed by atoms with Gasteiger partial charge in [-0.3, -0.25) is 14.5 Å². The minimum atomic E-state index is -0.784. The number of hydrogen-bond acceptors (Lipinski definition) is 6. The second-order valence-corrected chi connectivity index (χ2v) is 8.40. The zero-order valence-corrected chi connectivity index (χ0v) is 17.3. The van der Waals surface area contributed by atoms with Crippen LogP contribution < -0.4 is 4.90 Å². The molecule has 1 aromatic rings. The third kappa shape index (κ3) is 5.56. The van der Waals surface area contributed by atoms with Crippen LogP contribution in [0.3, 0.4) is 0 Å². The number of nitrogens with zero attached hydrogens (tertiary/aromatic N) is 2. The fourth-order valence-electron chi connectivity index (χ4n) is 3.17. The van der Waals surface area contributed by atoms with Crippen molar-refractivity contribution in [3.63, 3.8) is 0 Å². The molecule has 0 spiro atoms. The third-order valence-corrected chi connectivity index (χ3v) is 6.09. The summed E-state index contributed by atoms with van der Waals surface area (Å²) in [5.41, 5.74) is 2.13. The van der Waals surface area contributed by atoms with Crippen molar-refractivity contribution in [1.82, 2.24) is 4.90 Å². The summed E-state index contributed by atoms with van der Waals surface area (Å²) in [5.74, 6) is -0.848. The van der Waals surface area contributed by atoms with Gasteiger partial charge in [-0.05, 0) is 36.6 Å². The van der Waals surface area contributed by atoms with Gasteiger partial charge in [0.25, 0.3) is 5.91 Å². The monoisotopic (exact) mass is 420 g/mol. The van der Waals surface area contributed by atoms with Gasteiger partial charge < -0.3 is 14.7 Å². The molecule has 2 aliphatic rings. The highest BCUT2D eigenvalue weighted by Crippen LogP contribution is 2.33. The predicted octanol–water partition coefficient (Wildman–Crippen LogP) is 3.37. The topological polar surface area (TPSA) is 70.1 Å². The summed E-state index contributed by atoms with van der Waals surface area (Å²) in [5, 5.41) is 8.67. The van der Waals surface area contributed by atoms with Crippen LogP contribution in [0, 0.1) is 0 Å². The molecule has 150 valence electrons. The Morgan fingerprint density at radius 2 is 1.89 bits per heavy atom. The van der Waals surface area contributed by atoms with E-state index in [2.05, 4.69) is 17.0 Å². The number of aliphatic carboxylic acids is 1. The van der Waals surface area contributed by atoms with Gasteiger partial charge in [-0.25, -0.2) is 0 Å². The molecule has 2 heterocycles. The number of carboxylic acid groups (broad SMARTS) is 1. The maximum absolute atomic E-state index is 12.6. The van der Waals surface area contributed by atoms with E-state index in [0.29, 0.717) is 22.2 Å². The summed E-state index contributed by atoms with van der Waals surface area (Å²) in [6, 6.07) is 8.17. The lowest BCUT2D eigenvalue weighted by Crippen LogP contribution is -2.36. The van der Waals surface area contributed by atoms with E-state index in [1.165, 1.54) is 11.8 Å². The van der Waals surface area contributed by atoms with Crippen LogP contribution >= 0.6 is 24.0 Å². The second-order valence-electron chi connectivity index (χ2n) is 6.73. The Morgan fingerprint density at radius 1 is 1.18 bits per heavy atom. The van der Waals surface area contributed by atoms with Crippen molar-refractivity contribution < 1.29 is 19.4 Å².